The van der Waals surface area contributed by atoms with Gasteiger partial charge in [0.05, 0.1) is 18.1 Å². The van der Waals surface area contributed by atoms with Gasteiger partial charge in [-0.15, -0.1) is 0 Å². The Morgan fingerprint density at radius 2 is 1.90 bits per heavy atom. The fourth-order valence-electron chi connectivity index (χ4n) is 3.08. The number of aliphatic hydroxyl groups excluding tert-OH is 1. The van der Waals surface area contributed by atoms with Crippen molar-refractivity contribution in [1.29, 1.82) is 0 Å². The third-order valence-corrected chi connectivity index (χ3v) is 4.44. The molecule has 0 aromatic heterocycles. The predicted molar refractivity (Wildman–Crippen MR) is 73.4 cm³/mol. The monoisotopic (exact) mass is 277 g/mol. The molecule has 1 amide bonds. The highest BCUT2D eigenvalue weighted by atomic mass is 19.1. The van der Waals surface area contributed by atoms with Crippen LogP contribution in [-0.2, 0) is 4.79 Å². The van der Waals surface area contributed by atoms with Gasteiger partial charge in [0.25, 0.3) is 0 Å². The number of halogens is 1. The maximum absolute atomic E-state index is 13.0. The molecule has 0 aliphatic heterocycles. The first-order chi connectivity index (χ1) is 9.65. The number of amides is 1. The standard InChI is InChI=1S/C16H20FNO2/c17-12-8-6-11(7-9-12)15(10-4-5-10)18-16(20)13-2-1-3-14(13)19/h6-10,13-15,19H,1-5H2,(H,18,20). The van der Waals surface area contributed by atoms with Gasteiger partial charge < -0.3 is 10.4 Å². The molecule has 3 atom stereocenters. The molecular weight excluding hydrogens is 257 g/mol. The number of carbonyl (C=O) groups is 1. The summed E-state index contributed by atoms with van der Waals surface area (Å²) in [6.45, 7) is 0. The molecule has 4 heteroatoms. The van der Waals surface area contributed by atoms with Gasteiger partial charge in [-0.05, 0) is 55.7 Å². The van der Waals surface area contributed by atoms with Crippen molar-refractivity contribution < 1.29 is 14.3 Å². The highest BCUT2D eigenvalue weighted by Gasteiger charge is 2.37. The van der Waals surface area contributed by atoms with Gasteiger partial charge in [-0.2, -0.15) is 0 Å². The summed E-state index contributed by atoms with van der Waals surface area (Å²) in [6, 6.07) is 6.30. The summed E-state index contributed by atoms with van der Waals surface area (Å²) in [5.41, 5.74) is 0.953. The number of benzene rings is 1. The van der Waals surface area contributed by atoms with Crippen LogP contribution in [0.15, 0.2) is 24.3 Å². The van der Waals surface area contributed by atoms with Crippen LogP contribution in [0.25, 0.3) is 0 Å². The minimum Gasteiger partial charge on any atom is -0.392 e. The third-order valence-electron chi connectivity index (χ3n) is 4.44. The minimum atomic E-state index is -0.511. The number of rotatable bonds is 4. The predicted octanol–water partition coefficient (Wildman–Crippen LogP) is 2.55. The van der Waals surface area contributed by atoms with Gasteiger partial charge >= 0.3 is 0 Å². The molecule has 20 heavy (non-hydrogen) atoms. The van der Waals surface area contributed by atoms with E-state index in [1.165, 1.54) is 12.1 Å². The molecule has 2 fully saturated rings. The van der Waals surface area contributed by atoms with Crippen LogP contribution in [0.2, 0.25) is 0 Å². The Bertz CT molecular complexity index is 484. The minimum absolute atomic E-state index is 0.0455. The Balaban J connectivity index is 1.71. The summed E-state index contributed by atoms with van der Waals surface area (Å²) in [5.74, 6) is -0.156. The average Bonchev–Trinajstić information content (AvgIpc) is 3.18. The van der Waals surface area contributed by atoms with E-state index in [-0.39, 0.29) is 23.7 Å². The molecule has 1 aromatic carbocycles. The van der Waals surface area contributed by atoms with Crippen LogP contribution >= 0.6 is 0 Å². The van der Waals surface area contributed by atoms with Gasteiger partial charge in [-0.3, -0.25) is 4.79 Å². The molecule has 3 unspecified atom stereocenters. The molecule has 0 radical (unpaired) electrons. The summed E-state index contributed by atoms with van der Waals surface area (Å²) < 4.78 is 13.0. The number of carbonyl (C=O) groups excluding carboxylic acids is 1. The van der Waals surface area contributed by atoms with E-state index in [2.05, 4.69) is 5.32 Å². The van der Waals surface area contributed by atoms with Crippen molar-refractivity contribution in [2.45, 2.75) is 44.2 Å². The maximum atomic E-state index is 13.0. The van der Waals surface area contributed by atoms with Gasteiger partial charge in [0.2, 0.25) is 5.91 Å². The van der Waals surface area contributed by atoms with E-state index in [9.17, 15) is 14.3 Å². The van der Waals surface area contributed by atoms with E-state index in [0.717, 1.165) is 31.2 Å². The van der Waals surface area contributed by atoms with Crippen molar-refractivity contribution in [3.05, 3.63) is 35.6 Å². The lowest BCUT2D eigenvalue weighted by atomic mass is 9.99. The zero-order valence-corrected chi connectivity index (χ0v) is 11.4. The second-order valence-electron chi connectivity index (χ2n) is 5.98. The molecule has 0 bridgehead atoms. The molecular formula is C16H20FNO2. The first-order valence-corrected chi connectivity index (χ1v) is 7.39. The van der Waals surface area contributed by atoms with E-state index in [1.807, 2.05) is 0 Å². The van der Waals surface area contributed by atoms with E-state index < -0.39 is 6.10 Å². The first-order valence-electron chi connectivity index (χ1n) is 7.39. The van der Waals surface area contributed by atoms with Crippen LogP contribution in [0.1, 0.15) is 43.7 Å². The average molecular weight is 277 g/mol. The van der Waals surface area contributed by atoms with Gasteiger partial charge in [0.15, 0.2) is 0 Å². The number of aliphatic hydroxyl groups is 1. The Kier molecular flexibility index (Phi) is 3.74. The van der Waals surface area contributed by atoms with Crippen molar-refractivity contribution in [1.82, 2.24) is 5.32 Å². The highest BCUT2D eigenvalue weighted by molar-refractivity contribution is 5.80. The maximum Gasteiger partial charge on any atom is 0.226 e. The lowest BCUT2D eigenvalue weighted by Crippen LogP contribution is -2.37. The molecule has 2 aliphatic carbocycles. The van der Waals surface area contributed by atoms with Crippen LogP contribution in [-0.4, -0.2) is 17.1 Å². The molecule has 3 nitrogen and oxygen atoms in total. The second-order valence-corrected chi connectivity index (χ2v) is 5.98. The van der Waals surface area contributed by atoms with E-state index in [0.29, 0.717) is 12.3 Å². The van der Waals surface area contributed by atoms with Crippen molar-refractivity contribution >= 4 is 5.91 Å². The summed E-state index contributed by atoms with van der Waals surface area (Å²) in [6.07, 6.45) is 4.05. The number of nitrogens with one attached hydrogen (secondary N) is 1. The summed E-state index contributed by atoms with van der Waals surface area (Å²) in [5, 5.41) is 12.9. The molecule has 3 rings (SSSR count). The fourth-order valence-corrected chi connectivity index (χ4v) is 3.08. The third kappa shape index (κ3) is 2.85. The van der Waals surface area contributed by atoms with Crippen molar-refractivity contribution in [2.24, 2.45) is 11.8 Å². The molecule has 0 saturated heterocycles. The molecule has 0 spiro atoms. The molecule has 2 saturated carbocycles. The van der Waals surface area contributed by atoms with E-state index in [4.69, 9.17) is 0 Å². The van der Waals surface area contributed by atoms with E-state index in [1.54, 1.807) is 12.1 Å². The first kappa shape index (κ1) is 13.6. The van der Waals surface area contributed by atoms with Crippen molar-refractivity contribution in [3.8, 4) is 0 Å². The summed E-state index contributed by atoms with van der Waals surface area (Å²) in [4.78, 5) is 12.3. The van der Waals surface area contributed by atoms with Gasteiger partial charge in [-0.1, -0.05) is 12.1 Å². The molecule has 0 heterocycles. The quantitative estimate of drug-likeness (QED) is 0.888. The van der Waals surface area contributed by atoms with Crippen molar-refractivity contribution in [3.63, 3.8) is 0 Å². The topological polar surface area (TPSA) is 49.3 Å². The Hall–Kier alpha value is -1.42. The summed E-state index contributed by atoms with van der Waals surface area (Å²) >= 11 is 0. The second kappa shape index (κ2) is 5.52. The Labute approximate surface area is 118 Å². The fraction of sp³-hybridized carbons (Fsp3) is 0.562. The summed E-state index contributed by atoms with van der Waals surface area (Å²) in [7, 11) is 0. The SMILES string of the molecule is O=C(NC(c1ccc(F)cc1)C1CC1)C1CCCC1O. The van der Waals surface area contributed by atoms with Crippen LogP contribution < -0.4 is 5.32 Å². The van der Waals surface area contributed by atoms with Crippen LogP contribution in [0.3, 0.4) is 0 Å². The number of hydrogen-bond donors (Lipinski definition) is 2. The van der Waals surface area contributed by atoms with Crippen LogP contribution in [0, 0.1) is 17.7 Å². The molecule has 108 valence electrons. The number of hydrogen-bond acceptors (Lipinski definition) is 2. The Morgan fingerprint density at radius 1 is 1.20 bits per heavy atom. The van der Waals surface area contributed by atoms with Crippen molar-refractivity contribution in [2.75, 3.05) is 0 Å². The lowest BCUT2D eigenvalue weighted by Gasteiger charge is -2.22. The highest BCUT2D eigenvalue weighted by Crippen LogP contribution is 2.41. The molecule has 1 aromatic rings. The lowest BCUT2D eigenvalue weighted by molar-refractivity contribution is -0.128. The Morgan fingerprint density at radius 3 is 2.45 bits per heavy atom. The van der Waals surface area contributed by atoms with Crippen LogP contribution in [0.4, 0.5) is 4.39 Å². The smallest absolute Gasteiger partial charge is 0.226 e. The normalized spacial score (nSPS) is 27.3. The van der Waals surface area contributed by atoms with Gasteiger partial charge in [-0.25, -0.2) is 4.39 Å². The molecule has 2 N–H and O–H groups in total. The van der Waals surface area contributed by atoms with Gasteiger partial charge in [0, 0.05) is 0 Å². The zero-order valence-electron chi connectivity index (χ0n) is 11.4. The van der Waals surface area contributed by atoms with E-state index >= 15 is 0 Å². The van der Waals surface area contributed by atoms with Gasteiger partial charge in [0.1, 0.15) is 5.82 Å². The zero-order chi connectivity index (χ0) is 14.1. The van der Waals surface area contributed by atoms with Crippen LogP contribution in [0.5, 0.6) is 0 Å². The molecule has 2 aliphatic rings. The largest absolute Gasteiger partial charge is 0.392 e.